The number of carbonyl (C=O) groups excluding carboxylic acids is 1. The second-order valence-electron chi connectivity index (χ2n) is 6.65. The highest BCUT2D eigenvalue weighted by atomic mass is 16.3. The average Bonchev–Trinajstić information content (AvgIpc) is 2.86. The second-order valence-corrected chi connectivity index (χ2v) is 6.65. The van der Waals surface area contributed by atoms with Crippen molar-refractivity contribution in [2.45, 2.75) is 53.9 Å². The second kappa shape index (κ2) is 8.89. The van der Waals surface area contributed by atoms with Gasteiger partial charge in [-0.15, -0.1) is 0 Å². The molecular weight excluding hydrogens is 330 g/mol. The van der Waals surface area contributed by atoms with Crippen LogP contribution in [-0.2, 0) is 11.2 Å². The molecule has 26 heavy (non-hydrogen) atoms. The number of hydrogen-bond donors (Lipinski definition) is 1. The van der Waals surface area contributed by atoms with Gasteiger partial charge in [-0.3, -0.25) is 4.79 Å². The zero-order chi connectivity index (χ0) is 19.3. The van der Waals surface area contributed by atoms with Gasteiger partial charge in [0.15, 0.2) is 0 Å². The van der Waals surface area contributed by atoms with E-state index in [2.05, 4.69) is 22.0 Å². The molecule has 0 bridgehead atoms. The molecule has 0 saturated carbocycles. The Morgan fingerprint density at radius 1 is 1.15 bits per heavy atom. The smallest absolute Gasteiger partial charge is 0.251 e. The van der Waals surface area contributed by atoms with Crippen LogP contribution in [0.1, 0.15) is 48.1 Å². The van der Waals surface area contributed by atoms with Crippen molar-refractivity contribution in [3.63, 3.8) is 0 Å². The zero-order valence-electron chi connectivity index (χ0n) is 16.4. The van der Waals surface area contributed by atoms with E-state index >= 15 is 0 Å². The van der Waals surface area contributed by atoms with Crippen molar-refractivity contribution in [1.29, 1.82) is 0 Å². The first-order chi connectivity index (χ1) is 12.4. The molecule has 0 atom stereocenters. The maximum Gasteiger partial charge on any atom is 0.251 e. The average molecular weight is 359 g/mol. The summed E-state index contributed by atoms with van der Waals surface area (Å²) in [5, 5.41) is 13.8. The molecule has 2 aromatic rings. The predicted molar refractivity (Wildman–Crippen MR) is 100 cm³/mol. The van der Waals surface area contributed by atoms with Crippen LogP contribution >= 0.6 is 0 Å². The number of aliphatic hydroxyl groups is 1. The van der Waals surface area contributed by atoms with Crippen molar-refractivity contribution in [2.75, 3.05) is 19.7 Å². The van der Waals surface area contributed by atoms with Crippen molar-refractivity contribution in [3.05, 3.63) is 34.4 Å². The van der Waals surface area contributed by atoms with Gasteiger partial charge < -0.3 is 10.0 Å². The van der Waals surface area contributed by atoms with Gasteiger partial charge in [-0.05, 0) is 40.2 Å². The number of aryl methyl sites for hydroxylation is 3. The fraction of sp³-hybridized carbons (Fsp3) is 0.579. The molecule has 0 aliphatic rings. The van der Waals surface area contributed by atoms with Gasteiger partial charge in [0.2, 0.25) is 5.91 Å². The third-order valence-electron chi connectivity index (χ3n) is 4.43. The largest absolute Gasteiger partial charge is 0.395 e. The van der Waals surface area contributed by atoms with Crippen LogP contribution < -0.4 is 0 Å². The summed E-state index contributed by atoms with van der Waals surface area (Å²) in [5.74, 6) is 0.541. The lowest BCUT2D eigenvalue weighted by molar-refractivity contribution is -0.131. The molecule has 2 aromatic heterocycles. The lowest BCUT2D eigenvalue weighted by Crippen LogP contribution is -2.35. The maximum atomic E-state index is 12.7. The molecule has 2 heterocycles. The molecule has 0 aliphatic carbocycles. The standard InChI is InChI=1S/C19H29N5O2/c1-6-7-8-23(9-10-25)18(26)12-17-15(4)22-24(16(17)5)19-20-13(2)11-14(3)21-19/h11,25H,6-10,12H2,1-5H3. The monoisotopic (exact) mass is 359 g/mol. The molecule has 0 aromatic carbocycles. The summed E-state index contributed by atoms with van der Waals surface area (Å²) >= 11 is 0. The van der Waals surface area contributed by atoms with Crippen molar-refractivity contribution < 1.29 is 9.90 Å². The number of amides is 1. The van der Waals surface area contributed by atoms with E-state index < -0.39 is 0 Å². The van der Waals surface area contributed by atoms with E-state index in [1.165, 1.54) is 0 Å². The minimum atomic E-state index is -0.0247. The number of hydrogen-bond acceptors (Lipinski definition) is 5. The molecule has 7 heteroatoms. The Labute approximate surface area is 155 Å². The summed E-state index contributed by atoms with van der Waals surface area (Å²) in [6, 6.07) is 1.92. The fourth-order valence-corrected chi connectivity index (χ4v) is 3.02. The molecule has 1 N–H and O–H groups in total. The van der Waals surface area contributed by atoms with Gasteiger partial charge >= 0.3 is 0 Å². The number of carbonyl (C=O) groups is 1. The van der Waals surface area contributed by atoms with Crippen molar-refractivity contribution >= 4 is 5.91 Å². The van der Waals surface area contributed by atoms with Crippen molar-refractivity contribution in [3.8, 4) is 5.95 Å². The predicted octanol–water partition coefficient (Wildman–Crippen LogP) is 2.06. The molecule has 0 fully saturated rings. The molecular formula is C19H29N5O2. The Morgan fingerprint density at radius 2 is 1.81 bits per heavy atom. The highest BCUT2D eigenvalue weighted by Gasteiger charge is 2.20. The topological polar surface area (TPSA) is 84.1 Å². The van der Waals surface area contributed by atoms with Crippen LogP contribution in [0.2, 0.25) is 0 Å². The number of aromatic nitrogens is 4. The van der Waals surface area contributed by atoms with Crippen LogP contribution in [-0.4, -0.2) is 55.4 Å². The molecule has 1 amide bonds. The van der Waals surface area contributed by atoms with Crippen LogP contribution in [0.5, 0.6) is 0 Å². The summed E-state index contributed by atoms with van der Waals surface area (Å²) in [6.45, 7) is 10.8. The van der Waals surface area contributed by atoms with Gasteiger partial charge in [-0.1, -0.05) is 13.3 Å². The number of nitrogens with zero attached hydrogens (tertiary/aromatic N) is 5. The SMILES string of the molecule is CCCCN(CCO)C(=O)Cc1c(C)nn(-c2nc(C)cc(C)n2)c1C. The highest BCUT2D eigenvalue weighted by molar-refractivity contribution is 5.79. The van der Waals surface area contributed by atoms with Crippen molar-refractivity contribution in [1.82, 2.24) is 24.6 Å². The van der Waals surface area contributed by atoms with E-state index in [0.29, 0.717) is 19.0 Å². The Balaban J connectivity index is 2.27. The minimum absolute atomic E-state index is 0.0135. The first-order valence-electron chi connectivity index (χ1n) is 9.13. The summed E-state index contributed by atoms with van der Waals surface area (Å²) < 4.78 is 1.71. The summed E-state index contributed by atoms with van der Waals surface area (Å²) in [6.07, 6.45) is 2.21. The van der Waals surface area contributed by atoms with Gasteiger partial charge in [0.25, 0.3) is 5.95 Å². The van der Waals surface area contributed by atoms with Crippen molar-refractivity contribution in [2.24, 2.45) is 0 Å². The fourth-order valence-electron chi connectivity index (χ4n) is 3.02. The quantitative estimate of drug-likeness (QED) is 0.780. The van der Waals surface area contributed by atoms with E-state index in [1.807, 2.05) is 33.8 Å². The van der Waals surface area contributed by atoms with E-state index in [1.54, 1.807) is 9.58 Å². The molecule has 0 aliphatic heterocycles. The lowest BCUT2D eigenvalue weighted by Gasteiger charge is -2.21. The molecule has 0 radical (unpaired) electrons. The van der Waals surface area contributed by atoms with E-state index in [9.17, 15) is 9.90 Å². The Morgan fingerprint density at radius 3 is 2.38 bits per heavy atom. The van der Waals surface area contributed by atoms with E-state index in [-0.39, 0.29) is 18.9 Å². The Kier molecular flexibility index (Phi) is 6.85. The molecule has 2 rings (SSSR count). The van der Waals surface area contributed by atoms with Crippen LogP contribution in [0.25, 0.3) is 5.95 Å². The van der Waals surface area contributed by atoms with Crippen LogP contribution in [0.3, 0.4) is 0 Å². The summed E-state index contributed by atoms with van der Waals surface area (Å²) in [4.78, 5) is 23.4. The maximum absolute atomic E-state index is 12.7. The summed E-state index contributed by atoms with van der Waals surface area (Å²) in [7, 11) is 0. The number of unbranched alkanes of at least 4 members (excludes halogenated alkanes) is 1. The van der Waals surface area contributed by atoms with Crippen LogP contribution in [0.15, 0.2) is 6.07 Å². The third kappa shape index (κ3) is 4.66. The van der Waals surface area contributed by atoms with E-state index in [4.69, 9.17) is 0 Å². The van der Waals surface area contributed by atoms with Crippen LogP contribution in [0.4, 0.5) is 0 Å². The third-order valence-corrected chi connectivity index (χ3v) is 4.43. The highest BCUT2D eigenvalue weighted by Crippen LogP contribution is 2.18. The molecule has 0 unspecified atom stereocenters. The Bertz CT molecular complexity index is 749. The molecule has 0 spiro atoms. The number of aliphatic hydroxyl groups excluding tert-OH is 1. The summed E-state index contributed by atoms with van der Waals surface area (Å²) in [5.41, 5.74) is 4.34. The minimum Gasteiger partial charge on any atom is -0.395 e. The molecule has 7 nitrogen and oxygen atoms in total. The first kappa shape index (κ1) is 20.0. The van der Waals surface area contributed by atoms with Crippen LogP contribution in [0, 0.1) is 27.7 Å². The first-order valence-corrected chi connectivity index (χ1v) is 9.13. The van der Waals surface area contributed by atoms with E-state index in [0.717, 1.165) is 41.2 Å². The zero-order valence-corrected chi connectivity index (χ0v) is 16.4. The number of rotatable bonds is 8. The van der Waals surface area contributed by atoms with Gasteiger partial charge in [0, 0.05) is 35.7 Å². The molecule has 0 saturated heterocycles. The van der Waals surface area contributed by atoms with Gasteiger partial charge in [0.1, 0.15) is 0 Å². The van der Waals surface area contributed by atoms with Gasteiger partial charge in [-0.2, -0.15) is 5.10 Å². The van der Waals surface area contributed by atoms with Gasteiger partial charge in [0.05, 0.1) is 18.7 Å². The normalized spacial score (nSPS) is 11.0. The molecule has 142 valence electrons. The van der Waals surface area contributed by atoms with Gasteiger partial charge in [-0.25, -0.2) is 14.6 Å². The lowest BCUT2D eigenvalue weighted by atomic mass is 10.1. The Hall–Kier alpha value is -2.28.